The Morgan fingerprint density at radius 1 is 1.24 bits per heavy atom. The van der Waals surface area contributed by atoms with Crippen LogP contribution in [0.1, 0.15) is 43.6 Å². The second kappa shape index (κ2) is 9.05. The Morgan fingerprint density at radius 2 is 1.84 bits per heavy atom. The van der Waals surface area contributed by atoms with Gasteiger partial charge in [0.15, 0.2) is 0 Å². The SMILES string of the molecule is CCN(CC)C(C)NC(=O)c1cc(NS(=O)(=O)CC)cc(C)c1OC. The normalized spacial score (nSPS) is 12.8. The molecule has 0 saturated heterocycles. The molecule has 0 fully saturated rings. The molecule has 0 radical (unpaired) electrons. The molecule has 25 heavy (non-hydrogen) atoms. The third kappa shape index (κ3) is 5.61. The average molecular weight is 372 g/mol. The number of ether oxygens (including phenoxy) is 1. The molecule has 7 nitrogen and oxygen atoms in total. The highest BCUT2D eigenvalue weighted by Gasteiger charge is 2.20. The summed E-state index contributed by atoms with van der Waals surface area (Å²) < 4.78 is 31.5. The van der Waals surface area contributed by atoms with Crippen molar-refractivity contribution in [1.29, 1.82) is 0 Å². The van der Waals surface area contributed by atoms with E-state index in [4.69, 9.17) is 4.74 Å². The molecule has 0 aliphatic rings. The van der Waals surface area contributed by atoms with Crippen molar-refractivity contribution >= 4 is 21.6 Å². The third-order valence-corrected chi connectivity index (χ3v) is 5.38. The summed E-state index contributed by atoms with van der Waals surface area (Å²) in [6, 6.07) is 3.15. The van der Waals surface area contributed by atoms with Crippen LogP contribution >= 0.6 is 0 Å². The van der Waals surface area contributed by atoms with Crippen LogP contribution < -0.4 is 14.8 Å². The Hall–Kier alpha value is -1.80. The van der Waals surface area contributed by atoms with Crippen LogP contribution in [0.4, 0.5) is 5.69 Å². The first-order chi connectivity index (χ1) is 11.7. The Bertz CT molecular complexity index is 700. The van der Waals surface area contributed by atoms with E-state index in [2.05, 4.69) is 14.9 Å². The molecule has 1 aromatic carbocycles. The molecule has 0 aliphatic carbocycles. The Kier molecular flexibility index (Phi) is 7.69. The first-order valence-electron chi connectivity index (χ1n) is 8.43. The minimum absolute atomic E-state index is 0.0431. The van der Waals surface area contributed by atoms with Crippen LogP contribution in [0.2, 0.25) is 0 Å². The van der Waals surface area contributed by atoms with Gasteiger partial charge in [0.1, 0.15) is 5.75 Å². The summed E-state index contributed by atoms with van der Waals surface area (Å²) in [7, 11) is -1.94. The van der Waals surface area contributed by atoms with E-state index in [1.54, 1.807) is 19.9 Å². The van der Waals surface area contributed by atoms with E-state index in [1.807, 2.05) is 20.8 Å². The summed E-state index contributed by atoms with van der Waals surface area (Å²) in [4.78, 5) is 14.8. The minimum atomic E-state index is -3.43. The monoisotopic (exact) mass is 371 g/mol. The fraction of sp³-hybridized carbons (Fsp3) is 0.588. The van der Waals surface area contributed by atoms with Gasteiger partial charge in [-0.3, -0.25) is 14.4 Å². The van der Waals surface area contributed by atoms with E-state index in [0.717, 1.165) is 13.1 Å². The average Bonchev–Trinajstić information content (AvgIpc) is 2.55. The summed E-state index contributed by atoms with van der Waals surface area (Å²) >= 11 is 0. The van der Waals surface area contributed by atoms with Gasteiger partial charge in [-0.2, -0.15) is 0 Å². The quantitative estimate of drug-likeness (QED) is 0.650. The van der Waals surface area contributed by atoms with E-state index in [-0.39, 0.29) is 17.8 Å². The van der Waals surface area contributed by atoms with Crippen LogP contribution in [0, 0.1) is 6.92 Å². The van der Waals surface area contributed by atoms with Gasteiger partial charge in [-0.15, -0.1) is 0 Å². The standard InChI is InChI=1S/C17H29N3O4S/c1-7-20(8-2)13(5)18-17(21)15-11-14(19-25(22,23)9-3)10-12(4)16(15)24-6/h10-11,13,19H,7-9H2,1-6H3,(H,18,21). The van der Waals surface area contributed by atoms with Crippen molar-refractivity contribution in [3.05, 3.63) is 23.3 Å². The van der Waals surface area contributed by atoms with Crippen LogP contribution in [-0.4, -0.2) is 51.3 Å². The zero-order valence-electron chi connectivity index (χ0n) is 15.8. The van der Waals surface area contributed by atoms with Crippen LogP contribution in [0.3, 0.4) is 0 Å². The lowest BCUT2D eigenvalue weighted by atomic mass is 10.1. The van der Waals surface area contributed by atoms with Gasteiger partial charge in [0.25, 0.3) is 5.91 Å². The van der Waals surface area contributed by atoms with Gasteiger partial charge in [-0.05, 0) is 51.6 Å². The third-order valence-electron chi connectivity index (χ3n) is 4.08. The predicted molar refractivity (Wildman–Crippen MR) is 101 cm³/mol. The number of carbonyl (C=O) groups excluding carboxylic acids is 1. The predicted octanol–water partition coefficient (Wildman–Crippen LogP) is 2.18. The maximum Gasteiger partial charge on any atom is 0.256 e. The summed E-state index contributed by atoms with van der Waals surface area (Å²) in [5.74, 6) is 0.0825. The maximum atomic E-state index is 12.7. The lowest BCUT2D eigenvalue weighted by molar-refractivity contribution is 0.0872. The number of sulfonamides is 1. The van der Waals surface area contributed by atoms with Gasteiger partial charge < -0.3 is 10.1 Å². The first kappa shape index (κ1) is 21.2. The molecule has 1 aromatic rings. The Morgan fingerprint density at radius 3 is 2.32 bits per heavy atom. The number of amides is 1. The zero-order valence-corrected chi connectivity index (χ0v) is 16.7. The van der Waals surface area contributed by atoms with Gasteiger partial charge in [0.2, 0.25) is 10.0 Å². The van der Waals surface area contributed by atoms with Gasteiger partial charge in [-0.1, -0.05) is 13.8 Å². The summed E-state index contributed by atoms with van der Waals surface area (Å²) in [6.07, 6.45) is -0.150. The number of methoxy groups -OCH3 is 1. The molecule has 8 heteroatoms. The number of carbonyl (C=O) groups is 1. The van der Waals surface area contributed by atoms with Crippen molar-refractivity contribution < 1.29 is 17.9 Å². The second-order valence-corrected chi connectivity index (χ2v) is 7.76. The van der Waals surface area contributed by atoms with E-state index in [9.17, 15) is 13.2 Å². The highest BCUT2D eigenvalue weighted by Crippen LogP contribution is 2.28. The zero-order chi connectivity index (χ0) is 19.2. The van der Waals surface area contributed by atoms with Gasteiger partial charge in [0, 0.05) is 5.69 Å². The molecule has 1 amide bonds. The van der Waals surface area contributed by atoms with E-state index in [0.29, 0.717) is 22.6 Å². The van der Waals surface area contributed by atoms with E-state index in [1.165, 1.54) is 13.2 Å². The molecule has 0 saturated carbocycles. The molecule has 1 atom stereocenters. The fourth-order valence-electron chi connectivity index (χ4n) is 2.65. The Balaban J connectivity index is 3.19. The highest BCUT2D eigenvalue weighted by atomic mass is 32.2. The number of benzene rings is 1. The van der Waals surface area contributed by atoms with Crippen molar-refractivity contribution in [3.63, 3.8) is 0 Å². The lowest BCUT2D eigenvalue weighted by Crippen LogP contribution is -2.46. The summed E-state index contributed by atoms with van der Waals surface area (Å²) in [6.45, 7) is 10.9. The maximum absolute atomic E-state index is 12.7. The molecular weight excluding hydrogens is 342 g/mol. The molecule has 0 bridgehead atoms. The topological polar surface area (TPSA) is 87.7 Å². The van der Waals surface area contributed by atoms with Crippen molar-refractivity contribution in [1.82, 2.24) is 10.2 Å². The number of aryl methyl sites for hydroxylation is 1. The van der Waals surface area contributed by atoms with Crippen molar-refractivity contribution in [2.45, 2.75) is 40.8 Å². The fourth-order valence-corrected chi connectivity index (χ4v) is 3.28. The van der Waals surface area contributed by atoms with Crippen LogP contribution in [0.25, 0.3) is 0 Å². The molecule has 142 valence electrons. The molecule has 0 spiro atoms. The number of nitrogens with one attached hydrogen (secondary N) is 2. The molecule has 0 aliphatic heterocycles. The first-order valence-corrected chi connectivity index (χ1v) is 10.1. The van der Waals surface area contributed by atoms with Gasteiger partial charge in [0.05, 0.1) is 24.6 Å². The molecule has 1 unspecified atom stereocenters. The van der Waals surface area contributed by atoms with Crippen molar-refractivity contribution in [2.24, 2.45) is 0 Å². The van der Waals surface area contributed by atoms with E-state index < -0.39 is 10.0 Å². The summed E-state index contributed by atoms with van der Waals surface area (Å²) in [5, 5.41) is 2.93. The molecule has 1 rings (SSSR count). The van der Waals surface area contributed by atoms with Gasteiger partial charge >= 0.3 is 0 Å². The molecular formula is C17H29N3O4S. The van der Waals surface area contributed by atoms with Crippen molar-refractivity contribution in [3.8, 4) is 5.75 Å². The Labute approximate surface area is 150 Å². The smallest absolute Gasteiger partial charge is 0.256 e. The summed E-state index contributed by atoms with van der Waals surface area (Å²) in [5.41, 5.74) is 1.33. The highest BCUT2D eigenvalue weighted by molar-refractivity contribution is 7.92. The lowest BCUT2D eigenvalue weighted by Gasteiger charge is -2.27. The van der Waals surface area contributed by atoms with Crippen LogP contribution in [0.5, 0.6) is 5.75 Å². The van der Waals surface area contributed by atoms with Crippen LogP contribution in [0.15, 0.2) is 12.1 Å². The van der Waals surface area contributed by atoms with E-state index >= 15 is 0 Å². The van der Waals surface area contributed by atoms with Crippen LogP contribution in [-0.2, 0) is 10.0 Å². The number of rotatable bonds is 9. The molecule has 0 heterocycles. The van der Waals surface area contributed by atoms with Gasteiger partial charge in [-0.25, -0.2) is 8.42 Å². The molecule has 0 aromatic heterocycles. The number of anilines is 1. The number of hydrogen-bond donors (Lipinski definition) is 2. The second-order valence-electron chi connectivity index (χ2n) is 5.75. The molecule has 2 N–H and O–H groups in total. The van der Waals surface area contributed by atoms with Crippen molar-refractivity contribution in [2.75, 3.05) is 30.7 Å². The largest absolute Gasteiger partial charge is 0.496 e. The minimum Gasteiger partial charge on any atom is -0.496 e. The number of hydrogen-bond acceptors (Lipinski definition) is 5. The number of nitrogens with zero attached hydrogens (tertiary/aromatic N) is 1.